The molecule has 0 unspecified atom stereocenters. The average molecular weight is 545 g/mol. The van der Waals surface area contributed by atoms with Gasteiger partial charge in [-0.1, -0.05) is 29.0 Å². The van der Waals surface area contributed by atoms with Gasteiger partial charge >= 0.3 is 5.97 Å². The lowest BCUT2D eigenvalue weighted by atomic mass is 9.97. The zero-order valence-corrected chi connectivity index (χ0v) is 22.2. The number of phenols is 1. The van der Waals surface area contributed by atoms with E-state index in [-0.39, 0.29) is 27.7 Å². The number of hydrogen-bond acceptors (Lipinski definition) is 9. The van der Waals surface area contributed by atoms with Crippen molar-refractivity contribution in [3.63, 3.8) is 0 Å². The van der Waals surface area contributed by atoms with E-state index in [0.29, 0.717) is 45.2 Å². The van der Waals surface area contributed by atoms with Crippen molar-refractivity contribution in [2.45, 2.75) is 19.9 Å². The lowest BCUT2D eigenvalue weighted by Crippen LogP contribution is -2.39. The van der Waals surface area contributed by atoms with E-state index in [9.17, 15) is 14.7 Å². The van der Waals surface area contributed by atoms with E-state index in [1.165, 1.54) is 31.1 Å². The molecule has 0 aliphatic carbocycles. The van der Waals surface area contributed by atoms with Crippen LogP contribution in [0.1, 0.15) is 31.0 Å². The molecule has 0 saturated heterocycles. The Morgan fingerprint density at radius 1 is 1.14 bits per heavy atom. The van der Waals surface area contributed by atoms with E-state index in [2.05, 4.69) is 4.99 Å². The van der Waals surface area contributed by atoms with Crippen molar-refractivity contribution < 1.29 is 28.8 Å². The number of aromatic hydroxyl groups is 1. The highest BCUT2D eigenvalue weighted by Crippen LogP contribution is 2.36. The summed E-state index contributed by atoms with van der Waals surface area (Å²) in [6, 6.07) is 7.57. The van der Waals surface area contributed by atoms with Crippen LogP contribution in [0.25, 0.3) is 6.08 Å². The lowest BCUT2D eigenvalue weighted by molar-refractivity contribution is -0.136. The van der Waals surface area contributed by atoms with Crippen molar-refractivity contribution in [3.8, 4) is 23.0 Å². The minimum absolute atomic E-state index is 0.0853. The quantitative estimate of drug-likeness (QED) is 0.434. The van der Waals surface area contributed by atoms with Gasteiger partial charge in [0.05, 0.1) is 48.6 Å². The van der Waals surface area contributed by atoms with Crippen LogP contribution in [0.4, 0.5) is 0 Å². The number of carbonyl (C=O) groups is 1. The highest BCUT2D eigenvalue weighted by Gasteiger charge is 2.31. The Bertz CT molecular complexity index is 1560. The van der Waals surface area contributed by atoms with Crippen LogP contribution < -0.4 is 29.1 Å². The maximum absolute atomic E-state index is 13.7. The van der Waals surface area contributed by atoms with E-state index >= 15 is 0 Å². The zero-order valence-electron chi connectivity index (χ0n) is 20.6. The summed E-state index contributed by atoms with van der Waals surface area (Å²) in [5, 5.41) is 10.1. The van der Waals surface area contributed by atoms with Crippen LogP contribution in [0, 0.1) is 0 Å². The van der Waals surface area contributed by atoms with E-state index < -0.39 is 12.0 Å². The van der Waals surface area contributed by atoms with Gasteiger partial charge in [0.15, 0.2) is 27.8 Å². The summed E-state index contributed by atoms with van der Waals surface area (Å²) in [6.45, 7) is 4.59. The fraction of sp³-hybridized carbons (Fsp3) is 0.269. The molecule has 0 bridgehead atoms. The Kier molecular flexibility index (Phi) is 7.89. The van der Waals surface area contributed by atoms with Gasteiger partial charge in [-0.3, -0.25) is 9.36 Å². The molecule has 2 heterocycles. The number of thiazole rings is 1. The average Bonchev–Trinajstić information content (AvgIpc) is 3.21. The molecule has 0 amide bonds. The number of aromatic nitrogens is 1. The van der Waals surface area contributed by atoms with Gasteiger partial charge in [-0.25, -0.2) is 9.79 Å². The predicted molar refractivity (Wildman–Crippen MR) is 140 cm³/mol. The molecule has 2 aromatic carbocycles. The first kappa shape index (κ1) is 26.3. The van der Waals surface area contributed by atoms with Crippen LogP contribution in [-0.4, -0.2) is 43.1 Å². The highest BCUT2D eigenvalue weighted by molar-refractivity contribution is 7.07. The van der Waals surface area contributed by atoms with Gasteiger partial charge in [0.1, 0.15) is 0 Å². The first-order valence-electron chi connectivity index (χ1n) is 11.4. The molecule has 1 atom stereocenters. The maximum Gasteiger partial charge on any atom is 0.337 e. The third kappa shape index (κ3) is 5.07. The van der Waals surface area contributed by atoms with Gasteiger partial charge < -0.3 is 24.1 Å². The van der Waals surface area contributed by atoms with Crippen molar-refractivity contribution in [2.75, 3.05) is 27.4 Å². The van der Waals surface area contributed by atoms with E-state index in [4.69, 9.17) is 30.5 Å². The predicted octanol–water partition coefficient (Wildman–Crippen LogP) is 3.18. The Morgan fingerprint density at radius 3 is 2.54 bits per heavy atom. The number of nitrogens with zero attached hydrogens (tertiary/aromatic N) is 2. The molecule has 0 radical (unpaired) electrons. The molecule has 3 aromatic rings. The van der Waals surface area contributed by atoms with E-state index in [1.54, 1.807) is 30.3 Å². The number of methoxy groups -OCH3 is 2. The normalized spacial score (nSPS) is 14.9. The molecular weight excluding hydrogens is 520 g/mol. The van der Waals surface area contributed by atoms with Crippen molar-refractivity contribution >= 4 is 35.0 Å². The van der Waals surface area contributed by atoms with Crippen LogP contribution in [-0.2, 0) is 9.53 Å². The van der Waals surface area contributed by atoms with Crippen LogP contribution in [0.2, 0.25) is 5.02 Å². The third-order valence-electron chi connectivity index (χ3n) is 5.58. The van der Waals surface area contributed by atoms with Gasteiger partial charge in [0, 0.05) is 6.20 Å². The number of benzene rings is 2. The molecule has 1 aliphatic heterocycles. The number of rotatable bonds is 8. The highest BCUT2D eigenvalue weighted by atomic mass is 35.5. The second kappa shape index (κ2) is 11.1. The van der Waals surface area contributed by atoms with Crippen LogP contribution in [0.3, 0.4) is 0 Å². The summed E-state index contributed by atoms with van der Waals surface area (Å²) >= 11 is 7.28. The number of fused-ring (bicyclic) bond motifs is 1. The standard InChI is InChI=1S/C26H25ClN2O7S/c1-5-35-18-8-7-15(12-19(18)36-6-2)22-16(25(32)34-4)13-28-26-29(22)24(31)21(37-26)11-14-9-17(27)23(30)20(10-14)33-3/h7-13,22,30H,5-6H2,1-4H3/b21-11-/t22-/m0/s1. The number of hydrogen-bond donors (Lipinski definition) is 1. The zero-order chi connectivity index (χ0) is 26.7. The molecule has 1 N–H and O–H groups in total. The molecule has 0 spiro atoms. The van der Waals surface area contributed by atoms with E-state index in [0.717, 1.165) is 11.3 Å². The molecule has 0 fully saturated rings. The number of halogens is 1. The Balaban J connectivity index is 1.91. The van der Waals surface area contributed by atoms with Gasteiger partial charge in [-0.2, -0.15) is 0 Å². The van der Waals surface area contributed by atoms with Crippen molar-refractivity contribution in [3.05, 3.63) is 77.9 Å². The summed E-state index contributed by atoms with van der Waals surface area (Å²) < 4.78 is 23.4. The minimum Gasteiger partial charge on any atom is -0.503 e. The molecule has 1 aromatic heterocycles. The van der Waals surface area contributed by atoms with Crippen molar-refractivity contribution in [2.24, 2.45) is 4.99 Å². The first-order chi connectivity index (χ1) is 17.8. The number of phenolic OH excluding ortho intramolecular Hbond substituents is 1. The smallest absolute Gasteiger partial charge is 0.337 e. The first-order valence-corrected chi connectivity index (χ1v) is 12.6. The molecule has 4 rings (SSSR count). The Morgan fingerprint density at radius 2 is 1.86 bits per heavy atom. The summed E-state index contributed by atoms with van der Waals surface area (Å²) in [4.78, 5) is 31.2. The van der Waals surface area contributed by atoms with Gasteiger partial charge in [-0.05, 0) is 55.3 Å². The van der Waals surface area contributed by atoms with Crippen LogP contribution in [0.15, 0.2) is 51.9 Å². The monoisotopic (exact) mass is 544 g/mol. The number of esters is 1. The lowest BCUT2D eigenvalue weighted by Gasteiger charge is -2.23. The van der Waals surface area contributed by atoms with Crippen molar-refractivity contribution in [1.82, 2.24) is 4.57 Å². The Hall–Kier alpha value is -3.76. The topological polar surface area (TPSA) is 109 Å². The molecule has 37 heavy (non-hydrogen) atoms. The van der Waals surface area contributed by atoms with Crippen LogP contribution in [0.5, 0.6) is 23.0 Å². The van der Waals surface area contributed by atoms with Gasteiger partial charge in [-0.15, -0.1) is 0 Å². The second-order valence-corrected chi connectivity index (χ2v) is 9.22. The van der Waals surface area contributed by atoms with Crippen LogP contribution >= 0.6 is 22.9 Å². The van der Waals surface area contributed by atoms with Crippen molar-refractivity contribution in [1.29, 1.82) is 0 Å². The molecule has 0 saturated carbocycles. The molecule has 9 nitrogen and oxygen atoms in total. The summed E-state index contributed by atoms with van der Waals surface area (Å²) in [5.74, 6) is 0.435. The van der Waals surface area contributed by atoms with Gasteiger partial charge in [0.25, 0.3) is 5.56 Å². The molecule has 194 valence electrons. The largest absolute Gasteiger partial charge is 0.503 e. The Labute approximate surface area is 221 Å². The SMILES string of the molecule is CCOc1ccc([C@H]2C(C(=O)OC)=CN=c3s/c(=C\c4cc(Cl)c(O)c(OC)c4)c(=O)n32)cc1OCC. The molecule has 1 aliphatic rings. The fourth-order valence-corrected chi connectivity index (χ4v) is 5.16. The van der Waals surface area contributed by atoms with E-state index in [1.807, 2.05) is 13.8 Å². The second-order valence-electron chi connectivity index (χ2n) is 7.80. The maximum atomic E-state index is 13.7. The fourth-order valence-electron chi connectivity index (χ4n) is 3.97. The molecular formula is C26H25ClN2O7S. The summed E-state index contributed by atoms with van der Waals surface area (Å²) in [7, 11) is 2.68. The summed E-state index contributed by atoms with van der Waals surface area (Å²) in [5.41, 5.74) is 1.01. The number of ether oxygens (including phenoxy) is 4. The minimum atomic E-state index is -0.807. The summed E-state index contributed by atoms with van der Waals surface area (Å²) in [6.07, 6.45) is 3.04. The number of carbonyl (C=O) groups excluding carboxylic acids is 1. The van der Waals surface area contributed by atoms with Gasteiger partial charge in [0.2, 0.25) is 0 Å². The molecule has 11 heteroatoms. The third-order valence-corrected chi connectivity index (χ3v) is 6.86.